The molecule has 0 radical (unpaired) electrons. The number of carboxylic acids is 1. The van der Waals surface area contributed by atoms with E-state index in [0.717, 1.165) is 0 Å². The summed E-state index contributed by atoms with van der Waals surface area (Å²) in [7, 11) is 0. The van der Waals surface area contributed by atoms with Crippen molar-refractivity contribution in [2.45, 2.75) is 13.8 Å². The number of aliphatic carboxylic acids is 1. The van der Waals surface area contributed by atoms with E-state index in [4.69, 9.17) is 14.6 Å². The minimum absolute atomic E-state index is 0.0486. The van der Waals surface area contributed by atoms with Gasteiger partial charge in [0.05, 0.1) is 39.5 Å². The van der Waals surface area contributed by atoms with Crippen LogP contribution in [0.3, 0.4) is 0 Å². The number of rotatable bonds is 13. The fourth-order valence-corrected chi connectivity index (χ4v) is 3.05. The Kier molecular flexibility index (Phi) is 13.4. The highest BCUT2D eigenvalue weighted by atomic mass is 16.5. The van der Waals surface area contributed by atoms with E-state index in [0.29, 0.717) is 78.8 Å². The predicted octanol–water partition coefficient (Wildman–Crippen LogP) is -1.25. The van der Waals surface area contributed by atoms with E-state index >= 15 is 0 Å². The summed E-state index contributed by atoms with van der Waals surface area (Å²) in [6.07, 6.45) is 0. The summed E-state index contributed by atoms with van der Waals surface area (Å²) >= 11 is 0. The molecule has 29 heavy (non-hydrogen) atoms. The van der Waals surface area contributed by atoms with Crippen molar-refractivity contribution in [3.63, 3.8) is 0 Å². The van der Waals surface area contributed by atoms with Gasteiger partial charge < -0.3 is 19.9 Å². The molecular weight excluding hydrogens is 380 g/mol. The van der Waals surface area contributed by atoms with Crippen molar-refractivity contribution in [2.24, 2.45) is 0 Å². The number of ketones is 1. The molecule has 0 atom stereocenters. The highest BCUT2D eigenvalue weighted by molar-refractivity contribution is 5.78. The van der Waals surface area contributed by atoms with Crippen LogP contribution in [0.25, 0.3) is 0 Å². The lowest BCUT2D eigenvalue weighted by molar-refractivity contribution is -0.138. The van der Waals surface area contributed by atoms with Crippen LogP contribution in [0.15, 0.2) is 0 Å². The fourth-order valence-electron chi connectivity index (χ4n) is 3.05. The molecule has 0 unspecified atom stereocenters. The van der Waals surface area contributed by atoms with Gasteiger partial charge in [0.2, 0.25) is 5.91 Å². The quantitative estimate of drug-likeness (QED) is 0.356. The van der Waals surface area contributed by atoms with Crippen molar-refractivity contribution in [1.29, 1.82) is 0 Å². The summed E-state index contributed by atoms with van der Waals surface area (Å²) in [6, 6.07) is 0. The summed E-state index contributed by atoms with van der Waals surface area (Å²) in [6.45, 7) is 10.2. The van der Waals surface area contributed by atoms with Gasteiger partial charge in [-0.3, -0.25) is 29.1 Å². The summed E-state index contributed by atoms with van der Waals surface area (Å²) in [5.74, 6) is -0.904. The van der Waals surface area contributed by atoms with Gasteiger partial charge in [-0.25, -0.2) is 0 Å². The van der Waals surface area contributed by atoms with Crippen LogP contribution in [0.4, 0.5) is 0 Å². The first-order valence-corrected chi connectivity index (χ1v) is 10.2. The Morgan fingerprint density at radius 3 is 1.86 bits per heavy atom. The molecule has 1 heterocycles. The van der Waals surface area contributed by atoms with Crippen molar-refractivity contribution < 1.29 is 29.0 Å². The number of hydrogen-bond donors (Lipinski definition) is 2. The zero-order chi connectivity index (χ0) is 21.5. The maximum atomic E-state index is 12.2. The molecule has 168 valence electrons. The Morgan fingerprint density at radius 2 is 1.34 bits per heavy atom. The number of amides is 1. The molecule has 0 aromatic carbocycles. The van der Waals surface area contributed by atoms with Crippen LogP contribution >= 0.6 is 0 Å². The topological polar surface area (TPSA) is 112 Å². The number of nitrogens with one attached hydrogen (secondary N) is 1. The Labute approximate surface area is 173 Å². The lowest BCUT2D eigenvalue weighted by Crippen LogP contribution is -2.43. The maximum absolute atomic E-state index is 12.2. The van der Waals surface area contributed by atoms with Gasteiger partial charge in [0.25, 0.3) is 0 Å². The van der Waals surface area contributed by atoms with Crippen LogP contribution in [0, 0.1) is 0 Å². The summed E-state index contributed by atoms with van der Waals surface area (Å²) in [4.78, 5) is 40.7. The molecule has 1 amide bonds. The third kappa shape index (κ3) is 13.3. The molecule has 1 saturated heterocycles. The highest BCUT2D eigenvalue weighted by Crippen LogP contribution is 2.01. The number of carboxylic acid groups (broad SMARTS) is 1. The first kappa shape index (κ1) is 25.4. The average molecular weight is 417 g/mol. The maximum Gasteiger partial charge on any atom is 0.317 e. The van der Waals surface area contributed by atoms with Gasteiger partial charge in [-0.05, 0) is 13.8 Å². The van der Waals surface area contributed by atoms with Crippen molar-refractivity contribution in [1.82, 2.24) is 20.0 Å². The fraction of sp³-hybridized carbons (Fsp3) is 0.842. The Hall–Kier alpha value is -1.59. The van der Waals surface area contributed by atoms with Crippen molar-refractivity contribution in [3.8, 4) is 0 Å². The standard InChI is InChI=1S/C19H36N4O6/c1-3-28-12-13-29-11-4-20-18(25)15-22-7-5-21(14-17(2)24)6-9-23(10-8-22)16-19(26)27/h3-16H2,1-2H3,(H,20,25)(H,26,27). The monoisotopic (exact) mass is 416 g/mol. The zero-order valence-corrected chi connectivity index (χ0v) is 17.7. The number of carbonyl (C=O) groups excluding carboxylic acids is 2. The van der Waals surface area contributed by atoms with E-state index < -0.39 is 5.97 Å². The summed E-state index contributed by atoms with van der Waals surface area (Å²) in [5, 5.41) is 11.9. The minimum Gasteiger partial charge on any atom is -0.480 e. The molecule has 1 rings (SSSR count). The summed E-state index contributed by atoms with van der Waals surface area (Å²) < 4.78 is 10.6. The number of hydrogen-bond acceptors (Lipinski definition) is 8. The molecule has 0 aromatic rings. The minimum atomic E-state index is -0.879. The number of ether oxygens (including phenoxy) is 2. The van der Waals surface area contributed by atoms with Gasteiger partial charge in [0.1, 0.15) is 5.78 Å². The molecular formula is C19H36N4O6. The van der Waals surface area contributed by atoms with Crippen LogP contribution in [0.2, 0.25) is 0 Å². The van der Waals surface area contributed by atoms with Gasteiger partial charge in [-0.1, -0.05) is 0 Å². The SMILES string of the molecule is CCOCCOCCNC(=O)CN1CCN(CC(C)=O)CCN(CC(=O)O)CC1. The van der Waals surface area contributed by atoms with E-state index in [1.807, 2.05) is 21.6 Å². The lowest BCUT2D eigenvalue weighted by Gasteiger charge is -2.24. The van der Waals surface area contributed by atoms with Crippen LogP contribution in [-0.4, -0.2) is 129 Å². The zero-order valence-electron chi connectivity index (χ0n) is 17.7. The van der Waals surface area contributed by atoms with Gasteiger partial charge in [0.15, 0.2) is 0 Å². The van der Waals surface area contributed by atoms with Crippen LogP contribution in [-0.2, 0) is 23.9 Å². The van der Waals surface area contributed by atoms with E-state index in [-0.39, 0.29) is 24.8 Å². The molecule has 10 heteroatoms. The first-order chi connectivity index (χ1) is 13.9. The Bertz CT molecular complexity index is 477. The smallest absolute Gasteiger partial charge is 0.317 e. The van der Waals surface area contributed by atoms with Crippen molar-refractivity contribution >= 4 is 17.7 Å². The molecule has 10 nitrogen and oxygen atoms in total. The van der Waals surface area contributed by atoms with E-state index in [1.165, 1.54) is 0 Å². The molecule has 0 aromatic heterocycles. The second-order valence-corrected chi connectivity index (χ2v) is 7.08. The van der Waals surface area contributed by atoms with Crippen LogP contribution in [0.5, 0.6) is 0 Å². The van der Waals surface area contributed by atoms with E-state index in [2.05, 4.69) is 5.32 Å². The van der Waals surface area contributed by atoms with Crippen LogP contribution < -0.4 is 5.32 Å². The third-order valence-electron chi connectivity index (χ3n) is 4.51. The van der Waals surface area contributed by atoms with Crippen molar-refractivity contribution in [2.75, 3.05) is 91.9 Å². The first-order valence-electron chi connectivity index (χ1n) is 10.2. The van der Waals surface area contributed by atoms with Gasteiger partial charge in [0, 0.05) is 52.4 Å². The second-order valence-electron chi connectivity index (χ2n) is 7.08. The third-order valence-corrected chi connectivity index (χ3v) is 4.51. The Balaban J connectivity index is 2.45. The number of carbonyl (C=O) groups is 3. The van der Waals surface area contributed by atoms with Gasteiger partial charge in [-0.15, -0.1) is 0 Å². The molecule has 0 aliphatic carbocycles. The second kappa shape index (κ2) is 15.3. The average Bonchev–Trinajstić information content (AvgIpc) is 2.73. The normalized spacial score (nSPS) is 17.3. The molecule has 1 aliphatic heterocycles. The van der Waals surface area contributed by atoms with Gasteiger partial charge >= 0.3 is 5.97 Å². The predicted molar refractivity (Wildman–Crippen MR) is 108 cm³/mol. The molecule has 2 N–H and O–H groups in total. The largest absolute Gasteiger partial charge is 0.480 e. The van der Waals surface area contributed by atoms with Gasteiger partial charge in [-0.2, -0.15) is 0 Å². The van der Waals surface area contributed by atoms with Crippen molar-refractivity contribution in [3.05, 3.63) is 0 Å². The summed E-state index contributed by atoms with van der Waals surface area (Å²) in [5.41, 5.74) is 0. The lowest BCUT2D eigenvalue weighted by atomic mass is 10.3. The van der Waals surface area contributed by atoms with E-state index in [9.17, 15) is 14.4 Å². The molecule has 0 saturated carbocycles. The molecule has 1 aliphatic rings. The number of nitrogens with zero attached hydrogens (tertiary/aromatic N) is 3. The molecule has 0 bridgehead atoms. The highest BCUT2D eigenvalue weighted by Gasteiger charge is 2.20. The number of Topliss-reactive ketones (excluding diaryl/α,β-unsaturated/α-hetero) is 1. The molecule has 1 fully saturated rings. The van der Waals surface area contributed by atoms with E-state index in [1.54, 1.807) is 6.92 Å². The Morgan fingerprint density at radius 1 is 0.828 bits per heavy atom. The molecule has 0 spiro atoms. The van der Waals surface area contributed by atoms with Crippen LogP contribution in [0.1, 0.15) is 13.8 Å².